The van der Waals surface area contributed by atoms with Crippen molar-refractivity contribution < 1.29 is 14.3 Å². The zero-order valence-electron chi connectivity index (χ0n) is 29.6. The van der Waals surface area contributed by atoms with Gasteiger partial charge in [0.05, 0.1) is 12.0 Å². The minimum Gasteiger partial charge on any atom is -0.466 e. The number of hydrogen-bond acceptors (Lipinski definition) is 3. The second-order valence-electron chi connectivity index (χ2n) is 8.61. The van der Waals surface area contributed by atoms with Crippen LogP contribution in [0.1, 0.15) is 111 Å². The van der Waals surface area contributed by atoms with Gasteiger partial charge in [0.25, 0.3) is 0 Å². The largest absolute Gasteiger partial charge is 0.466 e. The molecule has 0 radical (unpaired) electrons. The molecule has 0 unspecified atom stereocenters. The Morgan fingerprint density at radius 3 is 1.40 bits per heavy atom. The van der Waals surface area contributed by atoms with Crippen molar-refractivity contribution in [2.45, 2.75) is 94.4 Å². The lowest BCUT2D eigenvalue weighted by molar-refractivity contribution is -0.140. The topological polar surface area (TPSA) is 35.5 Å². The summed E-state index contributed by atoms with van der Waals surface area (Å²) in [6.45, 7) is 29.4. The van der Waals surface area contributed by atoms with Gasteiger partial charge in [-0.1, -0.05) is 146 Å². The molecule has 0 saturated carbocycles. The van der Waals surface area contributed by atoms with Gasteiger partial charge in [0.15, 0.2) is 0 Å². The van der Waals surface area contributed by atoms with Crippen LogP contribution in [-0.2, 0) is 19.7 Å². The third-order valence-corrected chi connectivity index (χ3v) is 6.19. The number of methoxy groups -OCH3 is 1. The number of fused-ring (bicyclic) bond motifs is 1. The molecule has 3 aromatic rings. The van der Waals surface area contributed by atoms with Gasteiger partial charge in [0, 0.05) is 20.6 Å². The summed E-state index contributed by atoms with van der Waals surface area (Å²) in [5.74, 6) is -0.193. The van der Waals surface area contributed by atoms with Gasteiger partial charge in [-0.05, 0) is 54.5 Å². The van der Waals surface area contributed by atoms with E-state index in [9.17, 15) is 4.79 Å². The fraction of sp³-hybridized carbons (Fsp3) is 0.425. The van der Waals surface area contributed by atoms with E-state index in [0.29, 0.717) is 6.61 Å². The van der Waals surface area contributed by atoms with Gasteiger partial charge in [0.1, 0.15) is 0 Å². The molecule has 3 nitrogen and oxygen atoms in total. The average molecular weight is 591 g/mol. The predicted molar refractivity (Wildman–Crippen MR) is 192 cm³/mol. The van der Waals surface area contributed by atoms with E-state index in [1.54, 1.807) is 7.11 Å². The Morgan fingerprint density at radius 2 is 1.07 bits per heavy atom. The first-order chi connectivity index (χ1) is 20.9. The molecule has 43 heavy (non-hydrogen) atoms. The second-order valence-corrected chi connectivity index (χ2v) is 8.61. The van der Waals surface area contributed by atoms with Crippen molar-refractivity contribution >= 4 is 11.5 Å². The van der Waals surface area contributed by atoms with E-state index in [1.165, 1.54) is 40.3 Å². The number of carbonyl (C=O) groups excluding carboxylic acids is 1. The maximum atomic E-state index is 9.98. The molecule has 0 atom stereocenters. The molecule has 0 saturated heterocycles. The molecule has 0 spiro atoms. The summed E-state index contributed by atoms with van der Waals surface area (Å²) < 4.78 is 9.24. The van der Waals surface area contributed by atoms with E-state index >= 15 is 0 Å². The lowest BCUT2D eigenvalue weighted by Crippen LogP contribution is -2.28. The molecule has 0 fully saturated rings. The number of rotatable bonds is 6. The van der Waals surface area contributed by atoms with Crippen molar-refractivity contribution in [1.29, 1.82) is 0 Å². The Bertz CT molecular complexity index is 1040. The minimum atomic E-state index is -0.193. The summed E-state index contributed by atoms with van der Waals surface area (Å²) in [6.07, 6.45) is 2.02. The normalized spacial score (nSPS) is 11.2. The van der Waals surface area contributed by atoms with Gasteiger partial charge in [-0.25, -0.2) is 0 Å². The van der Waals surface area contributed by atoms with Crippen LogP contribution in [0, 0.1) is 0 Å². The molecule has 0 amide bonds. The van der Waals surface area contributed by atoms with Crippen molar-refractivity contribution in [1.82, 2.24) is 0 Å². The summed E-state index contributed by atoms with van der Waals surface area (Å²) in [7, 11) is 1.71. The van der Waals surface area contributed by atoms with Crippen LogP contribution in [-0.4, -0.2) is 26.3 Å². The predicted octanol–water partition coefficient (Wildman–Crippen LogP) is 11.7. The Balaban J connectivity index is -0.000000668. The van der Waals surface area contributed by atoms with Crippen LogP contribution in [0.15, 0.2) is 104 Å². The van der Waals surface area contributed by atoms with Crippen LogP contribution in [0.5, 0.6) is 0 Å². The van der Waals surface area contributed by atoms with Crippen LogP contribution in [0.25, 0.3) is 5.57 Å². The molecular weight excluding hydrogens is 528 g/mol. The molecule has 0 aliphatic heterocycles. The van der Waals surface area contributed by atoms with Crippen LogP contribution in [0.4, 0.5) is 0 Å². The van der Waals surface area contributed by atoms with Crippen molar-refractivity contribution in [3.8, 4) is 0 Å². The second kappa shape index (κ2) is 28.7. The number of benzene rings is 3. The Hall–Kier alpha value is -3.43. The number of esters is 1. The maximum Gasteiger partial charge on any atom is 0.302 e. The number of hydrogen-bond donors (Lipinski definition) is 0. The molecule has 0 aromatic heterocycles. The van der Waals surface area contributed by atoms with E-state index in [2.05, 4.69) is 124 Å². The van der Waals surface area contributed by atoms with Crippen molar-refractivity contribution in [3.63, 3.8) is 0 Å². The summed E-state index contributed by atoms with van der Waals surface area (Å²) in [5, 5.41) is 0. The Kier molecular flexibility index (Phi) is 29.4. The molecule has 4 rings (SSSR count). The number of allylic oxidation sites excluding steroid dienone is 2. The number of ether oxygens (including phenoxy) is 2. The monoisotopic (exact) mass is 590 g/mol. The molecule has 0 N–H and O–H groups in total. The minimum absolute atomic E-state index is 0.177. The summed E-state index contributed by atoms with van der Waals surface area (Å²) in [5.41, 5.74) is 8.10. The summed E-state index contributed by atoms with van der Waals surface area (Å²) in [4.78, 5) is 9.98. The van der Waals surface area contributed by atoms with E-state index in [0.717, 1.165) is 19.4 Å². The zero-order valence-corrected chi connectivity index (χ0v) is 29.6. The lowest BCUT2D eigenvalue weighted by atomic mass is 9.67. The standard InChI is InChI=1S/C23H20.C5H10O2.C4H10O.3C2H6.C2H4/c1-17-18(2)23(19-11-5-3-6-12-19,20-13-7-4-8-14-20)22-16-10-9-15-21(17)22;1-3-4-7-5(2)6;1-3-4-5-2;4*1-2/h3-16H,1-2H3;3-4H2,1-2H3;3-4H2,1-2H3;3*1-2H3;1-2H2. The highest BCUT2D eigenvalue weighted by molar-refractivity contribution is 5.84. The van der Waals surface area contributed by atoms with Gasteiger partial charge >= 0.3 is 5.97 Å². The zero-order chi connectivity index (χ0) is 33.7. The average Bonchev–Trinajstić information content (AvgIpc) is 3.32. The molecule has 0 bridgehead atoms. The smallest absolute Gasteiger partial charge is 0.302 e. The van der Waals surface area contributed by atoms with Crippen molar-refractivity contribution in [3.05, 3.63) is 126 Å². The van der Waals surface area contributed by atoms with E-state index in [1.807, 2.05) is 48.5 Å². The van der Waals surface area contributed by atoms with Crippen molar-refractivity contribution in [2.75, 3.05) is 20.3 Å². The lowest BCUT2D eigenvalue weighted by Gasteiger charge is -2.34. The first kappa shape index (κ1) is 44.0. The molecular formula is C40H62O3. The fourth-order valence-electron chi connectivity index (χ4n) is 4.56. The Morgan fingerprint density at radius 1 is 0.674 bits per heavy atom. The summed E-state index contributed by atoms with van der Waals surface area (Å²) in [6, 6.07) is 30.6. The van der Waals surface area contributed by atoms with Crippen LogP contribution >= 0.6 is 0 Å². The molecule has 0 heterocycles. The molecule has 1 aliphatic rings. The first-order valence-corrected chi connectivity index (χ1v) is 16.0. The third kappa shape index (κ3) is 13.6. The van der Waals surface area contributed by atoms with E-state index in [4.69, 9.17) is 4.74 Å². The van der Waals surface area contributed by atoms with E-state index in [-0.39, 0.29) is 11.4 Å². The van der Waals surface area contributed by atoms with Gasteiger partial charge in [0.2, 0.25) is 0 Å². The highest BCUT2D eigenvalue weighted by Crippen LogP contribution is 2.53. The van der Waals surface area contributed by atoms with Gasteiger partial charge in [-0.2, -0.15) is 0 Å². The molecule has 1 aliphatic carbocycles. The first-order valence-electron chi connectivity index (χ1n) is 16.0. The Labute approximate surface area is 266 Å². The third-order valence-electron chi connectivity index (χ3n) is 6.19. The molecule has 3 aromatic carbocycles. The quantitative estimate of drug-likeness (QED) is 0.212. The van der Waals surface area contributed by atoms with Gasteiger partial charge < -0.3 is 9.47 Å². The van der Waals surface area contributed by atoms with E-state index < -0.39 is 0 Å². The molecule has 240 valence electrons. The van der Waals surface area contributed by atoms with Gasteiger partial charge in [-0.15, -0.1) is 13.2 Å². The van der Waals surface area contributed by atoms with Crippen LogP contribution in [0.2, 0.25) is 0 Å². The van der Waals surface area contributed by atoms with Gasteiger partial charge in [-0.3, -0.25) is 4.79 Å². The van der Waals surface area contributed by atoms with Crippen LogP contribution in [0.3, 0.4) is 0 Å². The van der Waals surface area contributed by atoms with Crippen molar-refractivity contribution in [2.24, 2.45) is 0 Å². The molecule has 3 heteroatoms. The maximum absolute atomic E-state index is 9.98. The SMILES string of the molecule is C=C.CC.CC.CC.CC1=C(C)C(c2ccccc2)(c2ccccc2)c2ccccc21.CCCOC.CCCOC(C)=O. The highest BCUT2D eigenvalue weighted by Gasteiger charge is 2.44. The van der Waals surface area contributed by atoms with Crippen LogP contribution < -0.4 is 0 Å². The summed E-state index contributed by atoms with van der Waals surface area (Å²) >= 11 is 0. The number of carbonyl (C=O) groups is 1. The fourth-order valence-corrected chi connectivity index (χ4v) is 4.56. The highest BCUT2D eigenvalue weighted by atomic mass is 16.5.